The SMILES string of the molecule is COc1ccc2c(O[C@@H]3CC4C(=O)N[C@]5(C(=O)O)C[C@H]5/C=C\CCCCC[C@@H](NC(=O)OC5CCCC5)C(=O)N4C3)cc(-c3csc(NC4CCC4)n3)nc2c1. The van der Waals surface area contributed by atoms with E-state index in [4.69, 9.17) is 24.2 Å². The molecule has 3 aromatic rings. The third-order valence-corrected chi connectivity index (χ3v) is 12.7. The topological polar surface area (TPSA) is 181 Å². The fraction of sp³-hybridized carbons (Fsp3) is 0.561. The van der Waals surface area contributed by atoms with Gasteiger partial charge in [0.25, 0.3) is 0 Å². The highest BCUT2D eigenvalue weighted by atomic mass is 32.1. The second-order valence-corrected chi connectivity index (χ2v) is 16.7. The average molecular weight is 787 g/mol. The molecule has 56 heavy (non-hydrogen) atoms. The summed E-state index contributed by atoms with van der Waals surface area (Å²) >= 11 is 1.52. The van der Waals surface area contributed by atoms with Gasteiger partial charge < -0.3 is 40.2 Å². The van der Waals surface area contributed by atoms with Crippen molar-refractivity contribution in [3.8, 4) is 22.9 Å². The first-order valence-electron chi connectivity index (χ1n) is 20.1. The minimum Gasteiger partial charge on any atom is -0.497 e. The summed E-state index contributed by atoms with van der Waals surface area (Å²) in [6.07, 6.45) is 13.2. The van der Waals surface area contributed by atoms with Crippen molar-refractivity contribution in [2.45, 2.75) is 126 Å². The van der Waals surface area contributed by atoms with Gasteiger partial charge in [-0.2, -0.15) is 0 Å². The highest BCUT2D eigenvalue weighted by Crippen LogP contribution is 2.45. The standard InChI is InChI=1S/C41H50N6O8S/c1-53-27-16-17-29-31(18-27)43-32(33-23-56-39(44-33)42-25-11-9-12-25)20-35(29)54-28-19-34-36(48)46-41(38(50)51)21-24(41)10-5-3-2-4-6-15-30(37(49)47(34)22-28)45-40(52)55-26-13-7-8-14-26/h5,10,16-18,20,23-26,28,30,34H,2-4,6-9,11-15,19,21-22H2,1H3,(H,42,44)(H,45,52)(H,46,48)(H,50,51)/b10-5-/t24-,28-,30-,34?,41-/m1/s1. The van der Waals surface area contributed by atoms with Crippen molar-refractivity contribution in [3.63, 3.8) is 0 Å². The van der Waals surface area contributed by atoms with Crippen molar-refractivity contribution in [2.75, 3.05) is 19.0 Å². The summed E-state index contributed by atoms with van der Waals surface area (Å²) in [4.78, 5) is 65.7. The summed E-state index contributed by atoms with van der Waals surface area (Å²) in [6, 6.07) is 5.80. The summed E-state index contributed by atoms with van der Waals surface area (Å²) in [5, 5.41) is 22.9. The number of anilines is 1. The second kappa shape index (κ2) is 16.3. The number of methoxy groups -OCH3 is 1. The quantitative estimate of drug-likeness (QED) is 0.182. The fourth-order valence-corrected chi connectivity index (χ4v) is 9.16. The van der Waals surface area contributed by atoms with Gasteiger partial charge in [0.2, 0.25) is 11.8 Å². The van der Waals surface area contributed by atoms with Gasteiger partial charge in [0, 0.05) is 41.3 Å². The van der Waals surface area contributed by atoms with Gasteiger partial charge >= 0.3 is 12.1 Å². The summed E-state index contributed by atoms with van der Waals surface area (Å²) in [7, 11) is 1.59. The molecule has 15 heteroatoms. The number of aromatic nitrogens is 2. The maximum absolute atomic E-state index is 14.6. The van der Waals surface area contributed by atoms with E-state index in [0.29, 0.717) is 52.7 Å². The van der Waals surface area contributed by atoms with Crippen LogP contribution in [0.25, 0.3) is 22.3 Å². The maximum atomic E-state index is 14.6. The molecule has 1 saturated heterocycles. The fourth-order valence-electron chi connectivity index (χ4n) is 8.38. The number of fused-ring (bicyclic) bond motifs is 3. The number of thiazole rings is 1. The largest absolute Gasteiger partial charge is 0.497 e. The number of aliphatic carboxylic acids is 1. The predicted octanol–water partition coefficient (Wildman–Crippen LogP) is 6.20. The number of nitrogens with one attached hydrogen (secondary N) is 3. The lowest BCUT2D eigenvalue weighted by atomic mass is 9.93. The number of alkyl carbamates (subject to hydrolysis) is 1. The average Bonchev–Trinajstić information content (AvgIpc) is 3.61. The Morgan fingerprint density at radius 3 is 2.57 bits per heavy atom. The van der Waals surface area contributed by atoms with Crippen LogP contribution in [0.2, 0.25) is 0 Å². The molecule has 0 radical (unpaired) electrons. The molecule has 298 valence electrons. The van der Waals surface area contributed by atoms with Crippen molar-refractivity contribution in [2.24, 2.45) is 5.92 Å². The Bertz CT molecular complexity index is 1990. The summed E-state index contributed by atoms with van der Waals surface area (Å²) in [5.41, 5.74) is 0.465. The van der Waals surface area contributed by atoms with Crippen LogP contribution in [0, 0.1) is 5.92 Å². The molecule has 1 unspecified atom stereocenters. The molecule has 4 heterocycles. The van der Waals surface area contributed by atoms with Crippen molar-refractivity contribution < 1.29 is 38.5 Å². The number of carbonyl (C=O) groups excluding carboxylic acids is 3. The van der Waals surface area contributed by atoms with Crippen molar-refractivity contribution in [3.05, 3.63) is 41.8 Å². The third-order valence-electron chi connectivity index (χ3n) is 12.0. The lowest BCUT2D eigenvalue weighted by Gasteiger charge is -2.29. The molecule has 3 saturated carbocycles. The molecule has 4 fully saturated rings. The molecule has 5 atom stereocenters. The molecule has 1 aromatic carbocycles. The van der Waals surface area contributed by atoms with Crippen LogP contribution < -0.4 is 25.4 Å². The third kappa shape index (κ3) is 8.14. The lowest BCUT2D eigenvalue weighted by molar-refractivity contribution is -0.145. The number of carboxylic acids is 1. The highest BCUT2D eigenvalue weighted by molar-refractivity contribution is 7.14. The van der Waals surface area contributed by atoms with Crippen molar-refractivity contribution in [1.29, 1.82) is 0 Å². The highest BCUT2D eigenvalue weighted by Gasteiger charge is 2.61. The monoisotopic (exact) mass is 786 g/mol. The normalized spacial score (nSPS) is 27.8. The number of hydrogen-bond donors (Lipinski definition) is 4. The summed E-state index contributed by atoms with van der Waals surface area (Å²) < 4.78 is 17.9. The number of carbonyl (C=O) groups is 4. The Morgan fingerprint density at radius 2 is 1.80 bits per heavy atom. The molecule has 5 aliphatic rings. The minimum absolute atomic E-state index is 0.0393. The van der Waals surface area contributed by atoms with E-state index in [9.17, 15) is 24.3 Å². The molecule has 0 spiro atoms. The van der Waals surface area contributed by atoms with Gasteiger partial charge in [0.15, 0.2) is 5.13 Å². The maximum Gasteiger partial charge on any atom is 0.408 e. The van der Waals surface area contributed by atoms with E-state index in [1.807, 2.05) is 41.8 Å². The van der Waals surface area contributed by atoms with E-state index < -0.39 is 47.6 Å². The van der Waals surface area contributed by atoms with Gasteiger partial charge in [0.05, 0.1) is 24.9 Å². The zero-order valence-electron chi connectivity index (χ0n) is 31.7. The van der Waals surface area contributed by atoms with E-state index in [0.717, 1.165) is 62.9 Å². The number of ether oxygens (including phenoxy) is 3. The van der Waals surface area contributed by atoms with E-state index in [2.05, 4.69) is 16.0 Å². The van der Waals surface area contributed by atoms with E-state index in [1.165, 1.54) is 22.7 Å². The number of rotatable bonds is 9. The number of allylic oxidation sites excluding steroid dienone is 1. The molecular formula is C41H50N6O8S. The van der Waals surface area contributed by atoms with Crippen LogP contribution in [0.15, 0.2) is 41.8 Å². The molecule has 3 aliphatic carbocycles. The number of pyridine rings is 1. The van der Waals surface area contributed by atoms with Crippen LogP contribution in [-0.2, 0) is 19.1 Å². The Hall–Kier alpha value is -4.92. The molecule has 0 bridgehead atoms. The second-order valence-electron chi connectivity index (χ2n) is 15.8. The van der Waals surface area contributed by atoms with Gasteiger partial charge in [-0.05, 0) is 82.8 Å². The van der Waals surface area contributed by atoms with Gasteiger partial charge in [-0.25, -0.2) is 19.6 Å². The van der Waals surface area contributed by atoms with Gasteiger partial charge in [-0.3, -0.25) is 9.59 Å². The Balaban J connectivity index is 1.09. The van der Waals surface area contributed by atoms with Gasteiger partial charge in [0.1, 0.15) is 47.0 Å². The summed E-state index contributed by atoms with van der Waals surface area (Å²) in [5.74, 6) is -1.33. The minimum atomic E-state index is -1.45. The van der Waals surface area contributed by atoms with Gasteiger partial charge in [-0.1, -0.05) is 25.0 Å². The number of hydrogen-bond acceptors (Lipinski definition) is 11. The Morgan fingerprint density at radius 1 is 0.982 bits per heavy atom. The van der Waals surface area contributed by atoms with Crippen LogP contribution in [0.3, 0.4) is 0 Å². The molecular weight excluding hydrogens is 737 g/mol. The molecule has 2 aromatic heterocycles. The number of nitrogens with zero attached hydrogens (tertiary/aromatic N) is 3. The first kappa shape index (κ1) is 38.0. The van der Waals surface area contributed by atoms with Crippen LogP contribution >= 0.6 is 11.3 Å². The molecule has 14 nitrogen and oxygen atoms in total. The smallest absolute Gasteiger partial charge is 0.408 e. The van der Waals surface area contributed by atoms with Crippen LogP contribution in [-0.4, -0.2) is 93.4 Å². The first-order chi connectivity index (χ1) is 27.2. The first-order valence-corrected chi connectivity index (χ1v) is 20.9. The van der Waals surface area contributed by atoms with Crippen LogP contribution in [0.1, 0.15) is 89.9 Å². The number of amides is 3. The lowest BCUT2D eigenvalue weighted by Crippen LogP contribution is -2.56. The van der Waals surface area contributed by atoms with E-state index in [1.54, 1.807) is 7.11 Å². The zero-order chi connectivity index (χ0) is 38.8. The van der Waals surface area contributed by atoms with E-state index >= 15 is 0 Å². The molecule has 3 amide bonds. The van der Waals surface area contributed by atoms with E-state index in [-0.39, 0.29) is 31.4 Å². The summed E-state index contributed by atoms with van der Waals surface area (Å²) in [6.45, 7) is 0.0393. The predicted molar refractivity (Wildman–Crippen MR) is 210 cm³/mol. The Labute approximate surface area is 329 Å². The van der Waals surface area contributed by atoms with Crippen molar-refractivity contribution in [1.82, 2.24) is 25.5 Å². The van der Waals surface area contributed by atoms with Crippen molar-refractivity contribution >= 4 is 51.2 Å². The Kier molecular flexibility index (Phi) is 11.0. The molecule has 4 N–H and O–H groups in total. The molecule has 8 rings (SSSR count). The van der Waals surface area contributed by atoms with Gasteiger partial charge in [-0.15, -0.1) is 11.3 Å². The van der Waals surface area contributed by atoms with Crippen LogP contribution in [0.5, 0.6) is 11.5 Å². The zero-order valence-corrected chi connectivity index (χ0v) is 32.5. The molecule has 2 aliphatic heterocycles. The number of benzene rings is 1. The number of carboxylic acid groups (broad SMARTS) is 1. The van der Waals surface area contributed by atoms with Crippen LogP contribution in [0.4, 0.5) is 9.93 Å².